The molecule has 0 aliphatic heterocycles. The zero-order valence-electron chi connectivity index (χ0n) is 11.1. The topological polar surface area (TPSA) is 68.0 Å². The van der Waals surface area contributed by atoms with Crippen LogP contribution in [0, 0.1) is 0 Å². The van der Waals surface area contributed by atoms with Crippen LogP contribution in [0.4, 0.5) is 0 Å². The van der Waals surface area contributed by atoms with Gasteiger partial charge in [-0.05, 0) is 19.4 Å². The van der Waals surface area contributed by atoms with Crippen LogP contribution < -0.4 is 11.1 Å². The Labute approximate surface area is 127 Å². The predicted octanol–water partition coefficient (Wildman–Crippen LogP) is 2.93. The van der Waals surface area contributed by atoms with Gasteiger partial charge in [-0.1, -0.05) is 29.8 Å². The molecular weight excluding hydrogens is 294 g/mol. The molecule has 1 aromatic heterocycles. The van der Waals surface area contributed by atoms with Gasteiger partial charge in [0.25, 0.3) is 5.91 Å². The Morgan fingerprint density at radius 2 is 2.25 bits per heavy atom. The van der Waals surface area contributed by atoms with E-state index in [0.717, 1.165) is 17.0 Å². The second-order valence-corrected chi connectivity index (χ2v) is 5.80. The number of nitrogens with zero attached hydrogens (tertiary/aromatic N) is 1. The molecule has 0 spiro atoms. The molecule has 1 aromatic carbocycles. The second kappa shape index (κ2) is 6.83. The minimum absolute atomic E-state index is 0.0735. The Bertz CT molecular complexity index is 598. The average Bonchev–Trinajstić information content (AvgIpc) is 2.88. The van der Waals surface area contributed by atoms with Crippen LogP contribution in [0.25, 0.3) is 10.6 Å². The molecule has 1 amide bonds. The quantitative estimate of drug-likeness (QED) is 0.892. The molecule has 3 N–H and O–H groups in total. The summed E-state index contributed by atoms with van der Waals surface area (Å²) in [7, 11) is 0. The minimum atomic E-state index is -0.180. The molecule has 0 radical (unpaired) electrons. The highest BCUT2D eigenvalue weighted by Gasteiger charge is 2.13. The van der Waals surface area contributed by atoms with Crippen molar-refractivity contribution in [2.75, 3.05) is 6.54 Å². The van der Waals surface area contributed by atoms with Gasteiger partial charge in [0.2, 0.25) is 0 Å². The molecule has 4 nitrogen and oxygen atoms in total. The first-order valence-corrected chi connectivity index (χ1v) is 7.58. The summed E-state index contributed by atoms with van der Waals surface area (Å²) < 4.78 is 0. The van der Waals surface area contributed by atoms with Crippen LogP contribution in [0.2, 0.25) is 5.02 Å². The molecule has 2 rings (SSSR count). The van der Waals surface area contributed by atoms with Gasteiger partial charge in [-0.2, -0.15) is 0 Å². The van der Waals surface area contributed by atoms with Gasteiger partial charge in [-0.15, -0.1) is 11.3 Å². The summed E-state index contributed by atoms with van der Waals surface area (Å²) >= 11 is 7.52. The molecule has 0 aliphatic rings. The molecule has 1 atom stereocenters. The second-order valence-electron chi connectivity index (χ2n) is 4.54. The van der Waals surface area contributed by atoms with Crippen molar-refractivity contribution in [1.29, 1.82) is 0 Å². The minimum Gasteiger partial charge on any atom is -0.351 e. The lowest BCUT2D eigenvalue weighted by Crippen LogP contribution is -2.29. The first kappa shape index (κ1) is 15.0. The number of rotatable bonds is 5. The van der Waals surface area contributed by atoms with Gasteiger partial charge in [0.15, 0.2) is 0 Å². The molecular formula is C14H16ClN3OS. The van der Waals surface area contributed by atoms with Crippen LogP contribution in [-0.2, 0) is 0 Å². The highest BCUT2D eigenvalue weighted by atomic mass is 35.5. The van der Waals surface area contributed by atoms with E-state index in [-0.39, 0.29) is 11.9 Å². The zero-order chi connectivity index (χ0) is 14.5. The number of halogens is 1. The fourth-order valence-corrected chi connectivity index (χ4v) is 2.76. The van der Waals surface area contributed by atoms with Gasteiger partial charge in [0, 0.05) is 23.5 Å². The summed E-state index contributed by atoms with van der Waals surface area (Å²) in [6.45, 7) is 2.46. The van der Waals surface area contributed by atoms with E-state index in [9.17, 15) is 4.79 Å². The fraction of sp³-hybridized carbons (Fsp3) is 0.286. The monoisotopic (exact) mass is 309 g/mol. The number of hydrogen-bond acceptors (Lipinski definition) is 4. The van der Waals surface area contributed by atoms with Crippen molar-refractivity contribution in [3.63, 3.8) is 0 Å². The van der Waals surface area contributed by atoms with E-state index in [1.165, 1.54) is 11.3 Å². The van der Waals surface area contributed by atoms with E-state index in [1.54, 1.807) is 11.4 Å². The lowest BCUT2D eigenvalue weighted by molar-refractivity contribution is 0.0948. The third-order valence-electron chi connectivity index (χ3n) is 2.73. The summed E-state index contributed by atoms with van der Waals surface area (Å²) in [5.74, 6) is -0.180. The fourth-order valence-electron chi connectivity index (χ4n) is 1.64. The van der Waals surface area contributed by atoms with Crippen molar-refractivity contribution in [3.05, 3.63) is 40.4 Å². The number of aromatic nitrogens is 1. The van der Waals surface area contributed by atoms with Crippen LogP contribution in [0.1, 0.15) is 23.8 Å². The van der Waals surface area contributed by atoms with E-state index in [2.05, 4.69) is 10.3 Å². The number of amides is 1. The number of carbonyl (C=O) groups is 1. The number of nitrogens with one attached hydrogen (secondary N) is 1. The van der Waals surface area contributed by atoms with Gasteiger partial charge in [0.1, 0.15) is 10.7 Å². The molecule has 0 bridgehead atoms. The number of hydrogen-bond donors (Lipinski definition) is 2. The lowest BCUT2D eigenvalue weighted by Gasteiger charge is -2.05. The van der Waals surface area contributed by atoms with E-state index in [4.69, 9.17) is 17.3 Å². The van der Waals surface area contributed by atoms with Crippen LogP contribution in [0.5, 0.6) is 0 Å². The van der Waals surface area contributed by atoms with Crippen molar-refractivity contribution in [1.82, 2.24) is 10.3 Å². The number of nitrogens with two attached hydrogens (primary N) is 1. The summed E-state index contributed by atoms with van der Waals surface area (Å²) in [6.07, 6.45) is 0.743. The van der Waals surface area contributed by atoms with Crippen LogP contribution in [0.3, 0.4) is 0 Å². The average molecular weight is 310 g/mol. The molecule has 6 heteroatoms. The third kappa shape index (κ3) is 3.79. The highest BCUT2D eigenvalue weighted by molar-refractivity contribution is 7.13. The molecule has 0 fully saturated rings. The summed E-state index contributed by atoms with van der Waals surface area (Å²) in [5.41, 5.74) is 6.89. The normalized spacial score (nSPS) is 12.2. The number of thiazole rings is 1. The van der Waals surface area contributed by atoms with Crippen LogP contribution in [0.15, 0.2) is 29.6 Å². The Hall–Kier alpha value is -1.43. The maximum atomic E-state index is 11.9. The zero-order valence-corrected chi connectivity index (χ0v) is 12.7. The Balaban J connectivity index is 2.06. The Kier molecular flexibility index (Phi) is 5.11. The van der Waals surface area contributed by atoms with Crippen molar-refractivity contribution in [2.24, 2.45) is 5.73 Å². The summed E-state index contributed by atoms with van der Waals surface area (Å²) in [4.78, 5) is 16.2. The van der Waals surface area contributed by atoms with Crippen LogP contribution >= 0.6 is 22.9 Å². The lowest BCUT2D eigenvalue weighted by atomic mass is 10.2. The molecule has 20 heavy (non-hydrogen) atoms. The van der Waals surface area contributed by atoms with Crippen molar-refractivity contribution >= 4 is 28.8 Å². The third-order valence-corrected chi connectivity index (χ3v) is 3.93. The van der Waals surface area contributed by atoms with E-state index < -0.39 is 0 Å². The van der Waals surface area contributed by atoms with Gasteiger partial charge in [-0.3, -0.25) is 4.79 Å². The molecule has 2 aromatic rings. The maximum absolute atomic E-state index is 11.9. The first-order chi connectivity index (χ1) is 9.58. The van der Waals surface area contributed by atoms with Crippen LogP contribution in [-0.4, -0.2) is 23.5 Å². The molecule has 1 unspecified atom stereocenters. The van der Waals surface area contributed by atoms with Crippen molar-refractivity contribution in [3.8, 4) is 10.6 Å². The van der Waals surface area contributed by atoms with E-state index in [1.807, 2.05) is 25.1 Å². The molecule has 0 saturated carbocycles. The van der Waals surface area contributed by atoms with Gasteiger partial charge in [0.05, 0.1) is 5.02 Å². The SMILES string of the molecule is CC(N)CCNC(=O)c1csc(-c2ccccc2Cl)n1. The Morgan fingerprint density at radius 1 is 1.50 bits per heavy atom. The smallest absolute Gasteiger partial charge is 0.270 e. The van der Waals surface area contributed by atoms with Gasteiger partial charge in [-0.25, -0.2) is 4.98 Å². The Morgan fingerprint density at radius 3 is 2.95 bits per heavy atom. The van der Waals surface area contributed by atoms with Gasteiger partial charge < -0.3 is 11.1 Å². The molecule has 0 saturated heterocycles. The standard InChI is InChI=1S/C14H16ClN3OS/c1-9(16)6-7-17-13(19)12-8-20-14(18-12)10-4-2-3-5-11(10)15/h2-5,8-9H,6-7,16H2,1H3,(H,17,19). The predicted molar refractivity (Wildman–Crippen MR) is 83.2 cm³/mol. The number of carbonyl (C=O) groups excluding carboxylic acids is 1. The molecule has 106 valence electrons. The first-order valence-electron chi connectivity index (χ1n) is 6.32. The highest BCUT2D eigenvalue weighted by Crippen LogP contribution is 2.29. The van der Waals surface area contributed by atoms with Gasteiger partial charge >= 0.3 is 0 Å². The summed E-state index contributed by atoms with van der Waals surface area (Å²) in [6, 6.07) is 7.52. The molecule has 1 heterocycles. The summed E-state index contributed by atoms with van der Waals surface area (Å²) in [5, 5.41) is 5.91. The van der Waals surface area contributed by atoms with Crippen molar-refractivity contribution in [2.45, 2.75) is 19.4 Å². The maximum Gasteiger partial charge on any atom is 0.270 e. The largest absolute Gasteiger partial charge is 0.351 e. The van der Waals surface area contributed by atoms with E-state index in [0.29, 0.717) is 17.3 Å². The molecule has 0 aliphatic carbocycles. The van der Waals surface area contributed by atoms with Crippen molar-refractivity contribution < 1.29 is 4.79 Å². The number of benzene rings is 1. The van der Waals surface area contributed by atoms with E-state index >= 15 is 0 Å².